The summed E-state index contributed by atoms with van der Waals surface area (Å²) in [6.07, 6.45) is 2.18. The van der Waals surface area contributed by atoms with Gasteiger partial charge in [-0.1, -0.05) is 6.42 Å². The summed E-state index contributed by atoms with van der Waals surface area (Å²) in [5.74, 6) is -0.150. The summed E-state index contributed by atoms with van der Waals surface area (Å²) in [6.45, 7) is 0. The minimum Gasteiger partial charge on any atom is -0.392 e. The number of aliphatic hydroxyl groups is 1. The summed E-state index contributed by atoms with van der Waals surface area (Å²) >= 11 is 0. The molecule has 1 N–H and O–H groups in total. The Morgan fingerprint density at radius 2 is 2.09 bits per heavy atom. The van der Waals surface area contributed by atoms with Crippen molar-refractivity contribution in [2.75, 3.05) is 5.75 Å². The molecule has 1 aliphatic carbocycles. The molecule has 1 rings (SSSR count). The number of rotatable bonds is 3. The summed E-state index contributed by atoms with van der Waals surface area (Å²) < 4.78 is 21.0. The Morgan fingerprint density at radius 3 is 2.36 bits per heavy atom. The molecule has 0 bridgehead atoms. The number of hydrogen-bond acceptors (Lipinski definition) is 3. The fourth-order valence-electron chi connectivity index (χ4n) is 1.16. The van der Waals surface area contributed by atoms with Gasteiger partial charge in [-0.05, 0) is 18.8 Å². The molecular weight excluding hydrogens is 188 g/mol. The number of aliphatic hydroxyl groups excluding tert-OH is 1. The Hall–Kier alpha value is 0.200. The zero-order valence-corrected chi connectivity index (χ0v) is 7.61. The quantitative estimate of drug-likeness (QED) is 0.680. The maximum absolute atomic E-state index is 10.5. The molecule has 0 heterocycles. The largest absolute Gasteiger partial charge is 0.392 e. The van der Waals surface area contributed by atoms with Crippen LogP contribution in [-0.2, 0) is 9.05 Å². The minimum absolute atomic E-state index is 0.156. The van der Waals surface area contributed by atoms with E-state index in [1.807, 2.05) is 0 Å². The van der Waals surface area contributed by atoms with E-state index < -0.39 is 15.2 Å². The molecule has 1 saturated carbocycles. The first-order valence-corrected chi connectivity index (χ1v) is 6.07. The second-order valence-corrected chi connectivity index (χ2v) is 5.79. The van der Waals surface area contributed by atoms with Gasteiger partial charge < -0.3 is 5.11 Å². The second-order valence-electron chi connectivity index (χ2n) is 2.96. The van der Waals surface area contributed by atoms with Crippen LogP contribution in [0, 0.1) is 5.92 Å². The fraction of sp³-hybridized carbons (Fsp3) is 1.00. The third kappa shape index (κ3) is 2.97. The Balaban J connectivity index is 2.36. The lowest BCUT2D eigenvalue weighted by atomic mass is 9.82. The first kappa shape index (κ1) is 9.29. The molecule has 1 fully saturated rings. The van der Waals surface area contributed by atoms with E-state index in [1.54, 1.807) is 0 Å². The zero-order valence-electron chi connectivity index (χ0n) is 6.03. The highest BCUT2D eigenvalue weighted by atomic mass is 35.7. The topological polar surface area (TPSA) is 54.4 Å². The maximum Gasteiger partial charge on any atom is 0.235 e. The van der Waals surface area contributed by atoms with Crippen molar-refractivity contribution in [3.05, 3.63) is 0 Å². The van der Waals surface area contributed by atoms with E-state index in [2.05, 4.69) is 0 Å². The van der Waals surface area contributed by atoms with Crippen LogP contribution in [0.15, 0.2) is 0 Å². The van der Waals surface area contributed by atoms with Crippen LogP contribution in [0.25, 0.3) is 0 Å². The molecule has 1 aliphatic rings. The smallest absolute Gasteiger partial charge is 0.235 e. The lowest BCUT2D eigenvalue weighted by molar-refractivity contribution is 0.0806. The van der Waals surface area contributed by atoms with E-state index >= 15 is 0 Å². The van der Waals surface area contributed by atoms with Crippen molar-refractivity contribution in [2.24, 2.45) is 5.92 Å². The van der Waals surface area contributed by atoms with Crippen LogP contribution in [0.4, 0.5) is 0 Å². The summed E-state index contributed by atoms with van der Waals surface area (Å²) in [5, 5.41) is 9.24. The molecule has 1 atom stereocenters. The van der Waals surface area contributed by atoms with Gasteiger partial charge in [0.1, 0.15) is 0 Å². The van der Waals surface area contributed by atoms with Crippen molar-refractivity contribution in [3.8, 4) is 0 Å². The first-order chi connectivity index (χ1) is 4.99. The van der Waals surface area contributed by atoms with Crippen molar-refractivity contribution < 1.29 is 13.5 Å². The summed E-state index contributed by atoms with van der Waals surface area (Å²) in [7, 11) is 1.44. The van der Waals surface area contributed by atoms with Crippen LogP contribution in [0.3, 0.4) is 0 Å². The van der Waals surface area contributed by atoms with Crippen molar-refractivity contribution >= 4 is 19.7 Å². The van der Waals surface area contributed by atoms with Crippen molar-refractivity contribution in [1.29, 1.82) is 0 Å². The molecule has 0 aromatic rings. The highest BCUT2D eigenvalue weighted by molar-refractivity contribution is 8.13. The van der Waals surface area contributed by atoms with Gasteiger partial charge in [-0.3, -0.25) is 0 Å². The lowest BCUT2D eigenvalue weighted by Gasteiger charge is -2.29. The standard InChI is InChI=1S/C6H11ClO3S/c7-11(9,10)4-6(8)5-2-1-3-5/h5-6,8H,1-4H2. The Morgan fingerprint density at radius 1 is 1.55 bits per heavy atom. The number of halogens is 1. The molecule has 0 aliphatic heterocycles. The van der Waals surface area contributed by atoms with Crippen molar-refractivity contribution in [2.45, 2.75) is 25.4 Å². The van der Waals surface area contributed by atoms with Crippen LogP contribution in [0.5, 0.6) is 0 Å². The monoisotopic (exact) mass is 198 g/mol. The first-order valence-electron chi connectivity index (χ1n) is 3.59. The van der Waals surface area contributed by atoms with Crippen LogP contribution >= 0.6 is 10.7 Å². The van der Waals surface area contributed by atoms with E-state index in [1.165, 1.54) is 0 Å². The van der Waals surface area contributed by atoms with E-state index in [-0.39, 0.29) is 11.7 Å². The zero-order chi connectivity index (χ0) is 8.48. The van der Waals surface area contributed by atoms with Crippen LogP contribution < -0.4 is 0 Å². The van der Waals surface area contributed by atoms with E-state index in [0.717, 1.165) is 19.3 Å². The van der Waals surface area contributed by atoms with Crippen LogP contribution in [-0.4, -0.2) is 25.4 Å². The van der Waals surface area contributed by atoms with Gasteiger partial charge in [0.2, 0.25) is 9.05 Å². The second kappa shape index (κ2) is 3.29. The summed E-state index contributed by atoms with van der Waals surface area (Å²) in [5.41, 5.74) is 0. The van der Waals surface area contributed by atoms with Gasteiger partial charge in [-0.2, -0.15) is 0 Å². The predicted molar refractivity (Wildman–Crippen MR) is 43.0 cm³/mol. The minimum atomic E-state index is -3.52. The number of hydrogen-bond donors (Lipinski definition) is 1. The summed E-state index contributed by atoms with van der Waals surface area (Å²) in [4.78, 5) is 0. The van der Waals surface area contributed by atoms with E-state index in [0.29, 0.717) is 0 Å². The predicted octanol–water partition coefficient (Wildman–Crippen LogP) is 0.716. The molecule has 66 valence electrons. The SMILES string of the molecule is O=S(=O)(Cl)CC(O)C1CCC1. The highest BCUT2D eigenvalue weighted by Crippen LogP contribution is 2.30. The molecule has 0 aromatic heterocycles. The Bertz CT molecular complexity index is 220. The normalized spacial score (nSPS) is 22.7. The molecule has 0 saturated heterocycles. The molecule has 1 unspecified atom stereocenters. The third-order valence-corrected chi connectivity index (χ3v) is 3.18. The molecule has 0 amide bonds. The van der Waals surface area contributed by atoms with E-state index in [9.17, 15) is 13.5 Å². The Kier molecular flexibility index (Phi) is 2.78. The molecule has 0 spiro atoms. The van der Waals surface area contributed by atoms with Crippen LogP contribution in [0.1, 0.15) is 19.3 Å². The fourth-order valence-corrected chi connectivity index (χ4v) is 2.23. The highest BCUT2D eigenvalue weighted by Gasteiger charge is 2.28. The molecule has 0 radical (unpaired) electrons. The third-order valence-electron chi connectivity index (χ3n) is 2.06. The van der Waals surface area contributed by atoms with Crippen molar-refractivity contribution in [1.82, 2.24) is 0 Å². The molecular formula is C6H11ClO3S. The van der Waals surface area contributed by atoms with Crippen molar-refractivity contribution in [3.63, 3.8) is 0 Å². The average molecular weight is 199 g/mol. The van der Waals surface area contributed by atoms with Gasteiger partial charge in [-0.25, -0.2) is 8.42 Å². The van der Waals surface area contributed by atoms with Gasteiger partial charge in [-0.15, -0.1) is 0 Å². The molecule has 11 heavy (non-hydrogen) atoms. The lowest BCUT2D eigenvalue weighted by Crippen LogP contribution is -2.31. The van der Waals surface area contributed by atoms with Crippen LogP contribution in [0.2, 0.25) is 0 Å². The van der Waals surface area contributed by atoms with Gasteiger partial charge in [0.25, 0.3) is 0 Å². The van der Waals surface area contributed by atoms with E-state index in [4.69, 9.17) is 10.7 Å². The van der Waals surface area contributed by atoms with Gasteiger partial charge in [0.05, 0.1) is 11.9 Å². The molecule has 0 aromatic carbocycles. The Labute approximate surface area is 70.8 Å². The van der Waals surface area contributed by atoms with Gasteiger partial charge in [0, 0.05) is 10.7 Å². The van der Waals surface area contributed by atoms with Gasteiger partial charge in [0.15, 0.2) is 0 Å². The van der Waals surface area contributed by atoms with Gasteiger partial charge >= 0.3 is 0 Å². The molecule has 5 heteroatoms. The summed E-state index contributed by atoms with van der Waals surface area (Å²) in [6, 6.07) is 0. The maximum atomic E-state index is 10.5. The molecule has 3 nitrogen and oxygen atoms in total. The average Bonchev–Trinajstić information content (AvgIpc) is 1.50.